The zero-order chi connectivity index (χ0) is 15.7. The Kier molecular flexibility index (Phi) is 3.99. The summed E-state index contributed by atoms with van der Waals surface area (Å²) >= 11 is 0. The fraction of sp³-hybridized carbons (Fsp3) is 0.316. The van der Waals surface area contributed by atoms with Crippen molar-refractivity contribution in [3.8, 4) is 11.1 Å². The molecule has 3 N–H and O–H groups in total. The molecule has 0 fully saturated rings. The van der Waals surface area contributed by atoms with E-state index in [1.807, 2.05) is 6.07 Å². The zero-order valence-electron chi connectivity index (χ0n) is 13.1. The van der Waals surface area contributed by atoms with Gasteiger partial charge in [-0.2, -0.15) is 0 Å². The summed E-state index contributed by atoms with van der Waals surface area (Å²) in [6.07, 6.45) is 1.62. The van der Waals surface area contributed by atoms with Crippen molar-refractivity contribution in [2.75, 3.05) is 5.32 Å². The summed E-state index contributed by atoms with van der Waals surface area (Å²) < 4.78 is 0. The third-order valence-corrected chi connectivity index (χ3v) is 4.12. The lowest BCUT2D eigenvalue weighted by Gasteiger charge is -2.14. The molecule has 0 heterocycles. The number of carbonyl (C=O) groups excluding carboxylic acids is 1. The van der Waals surface area contributed by atoms with Gasteiger partial charge in [0.1, 0.15) is 0 Å². The summed E-state index contributed by atoms with van der Waals surface area (Å²) in [5.41, 5.74) is 11.9. The van der Waals surface area contributed by atoms with Crippen LogP contribution in [0.15, 0.2) is 42.5 Å². The van der Waals surface area contributed by atoms with E-state index in [1.54, 1.807) is 0 Å². The third kappa shape index (κ3) is 2.90. The molecule has 1 atom stereocenters. The summed E-state index contributed by atoms with van der Waals surface area (Å²) in [7, 11) is 0. The fourth-order valence-electron chi connectivity index (χ4n) is 3.07. The molecular weight excluding hydrogens is 272 g/mol. The van der Waals surface area contributed by atoms with Gasteiger partial charge in [0.2, 0.25) is 5.91 Å². The molecule has 0 bridgehead atoms. The van der Waals surface area contributed by atoms with Crippen LogP contribution in [0.3, 0.4) is 0 Å². The Morgan fingerprint density at radius 1 is 1.14 bits per heavy atom. The van der Waals surface area contributed by atoms with Crippen LogP contribution in [0.5, 0.6) is 0 Å². The molecule has 0 saturated heterocycles. The van der Waals surface area contributed by atoms with Gasteiger partial charge in [-0.15, -0.1) is 0 Å². The van der Waals surface area contributed by atoms with E-state index in [9.17, 15) is 4.79 Å². The van der Waals surface area contributed by atoms with Gasteiger partial charge in [0.25, 0.3) is 0 Å². The maximum absolute atomic E-state index is 12.1. The van der Waals surface area contributed by atoms with E-state index >= 15 is 0 Å². The molecule has 114 valence electrons. The summed E-state index contributed by atoms with van der Waals surface area (Å²) in [6.45, 7) is 4.14. The number of hydrogen-bond acceptors (Lipinski definition) is 2. The Labute approximate surface area is 131 Å². The summed E-state index contributed by atoms with van der Waals surface area (Å²) in [5.74, 6) is 0.305. The molecule has 22 heavy (non-hydrogen) atoms. The molecule has 1 amide bonds. The normalized spacial score (nSPS) is 13.6. The van der Waals surface area contributed by atoms with Gasteiger partial charge in [-0.1, -0.05) is 44.2 Å². The smallest absolute Gasteiger partial charge is 0.241 e. The first kappa shape index (κ1) is 14.8. The number of fused-ring (bicyclic) bond motifs is 3. The molecule has 0 unspecified atom stereocenters. The standard InChI is InChI=1S/C19H22N2O/c1-12(2)9-18(20)19(22)21-15-7-8-17-14(11-15)10-13-5-3-4-6-16(13)17/h3-8,11-12,18H,9-10,20H2,1-2H3,(H,21,22)/t18-/m1/s1. The highest BCUT2D eigenvalue weighted by atomic mass is 16.2. The van der Waals surface area contributed by atoms with E-state index < -0.39 is 6.04 Å². The molecule has 2 aromatic carbocycles. The average molecular weight is 294 g/mol. The SMILES string of the molecule is CC(C)C[C@@H](N)C(=O)Nc1ccc2c(c1)Cc1ccccc1-2. The minimum absolute atomic E-state index is 0.107. The van der Waals surface area contributed by atoms with Crippen LogP contribution in [0.2, 0.25) is 0 Å². The zero-order valence-corrected chi connectivity index (χ0v) is 13.1. The number of rotatable bonds is 4. The molecule has 0 saturated carbocycles. The summed E-state index contributed by atoms with van der Waals surface area (Å²) in [6, 6.07) is 14.1. The first-order chi connectivity index (χ1) is 10.5. The van der Waals surface area contributed by atoms with E-state index in [0.717, 1.165) is 12.1 Å². The number of nitrogens with one attached hydrogen (secondary N) is 1. The Balaban J connectivity index is 1.76. The van der Waals surface area contributed by atoms with Crippen LogP contribution in [-0.2, 0) is 11.2 Å². The number of anilines is 1. The van der Waals surface area contributed by atoms with Crippen molar-refractivity contribution in [3.05, 3.63) is 53.6 Å². The van der Waals surface area contributed by atoms with Gasteiger partial charge in [-0.05, 0) is 53.1 Å². The number of nitrogens with two attached hydrogens (primary N) is 1. The van der Waals surface area contributed by atoms with E-state index in [2.05, 4.69) is 55.6 Å². The highest BCUT2D eigenvalue weighted by Gasteiger charge is 2.19. The van der Waals surface area contributed by atoms with Crippen molar-refractivity contribution in [2.24, 2.45) is 11.7 Å². The van der Waals surface area contributed by atoms with Gasteiger partial charge in [0.15, 0.2) is 0 Å². The molecule has 2 aromatic rings. The first-order valence-electron chi connectivity index (χ1n) is 7.82. The van der Waals surface area contributed by atoms with Crippen molar-refractivity contribution in [1.82, 2.24) is 0 Å². The fourth-order valence-corrected chi connectivity index (χ4v) is 3.07. The van der Waals surface area contributed by atoms with Crippen molar-refractivity contribution in [1.29, 1.82) is 0 Å². The molecule has 0 aromatic heterocycles. The molecular formula is C19H22N2O. The lowest BCUT2D eigenvalue weighted by molar-refractivity contribution is -0.117. The molecule has 0 aliphatic heterocycles. The Morgan fingerprint density at radius 3 is 2.64 bits per heavy atom. The van der Waals surface area contributed by atoms with Gasteiger partial charge in [-0.25, -0.2) is 0 Å². The van der Waals surface area contributed by atoms with Crippen LogP contribution in [0.25, 0.3) is 11.1 Å². The molecule has 1 aliphatic rings. The average Bonchev–Trinajstić information content (AvgIpc) is 2.84. The van der Waals surface area contributed by atoms with E-state index in [4.69, 9.17) is 5.73 Å². The van der Waals surface area contributed by atoms with Crippen molar-refractivity contribution >= 4 is 11.6 Å². The maximum atomic E-state index is 12.1. The van der Waals surface area contributed by atoms with Crippen LogP contribution >= 0.6 is 0 Å². The minimum Gasteiger partial charge on any atom is -0.325 e. The number of benzene rings is 2. The molecule has 3 heteroatoms. The Hall–Kier alpha value is -2.13. The van der Waals surface area contributed by atoms with Crippen LogP contribution in [0, 0.1) is 5.92 Å². The molecule has 0 radical (unpaired) electrons. The van der Waals surface area contributed by atoms with Gasteiger partial charge in [0.05, 0.1) is 6.04 Å². The first-order valence-corrected chi connectivity index (χ1v) is 7.82. The highest BCUT2D eigenvalue weighted by Crippen LogP contribution is 2.37. The van der Waals surface area contributed by atoms with Crippen molar-refractivity contribution < 1.29 is 4.79 Å². The lowest BCUT2D eigenvalue weighted by atomic mass is 10.0. The highest BCUT2D eigenvalue weighted by molar-refractivity contribution is 5.95. The third-order valence-electron chi connectivity index (χ3n) is 4.12. The van der Waals surface area contributed by atoms with Crippen LogP contribution in [0.1, 0.15) is 31.4 Å². The topological polar surface area (TPSA) is 55.1 Å². The van der Waals surface area contributed by atoms with Crippen LogP contribution in [-0.4, -0.2) is 11.9 Å². The van der Waals surface area contributed by atoms with Crippen LogP contribution in [0.4, 0.5) is 5.69 Å². The Morgan fingerprint density at radius 2 is 1.86 bits per heavy atom. The number of hydrogen-bond donors (Lipinski definition) is 2. The second-order valence-electron chi connectivity index (χ2n) is 6.43. The number of carbonyl (C=O) groups is 1. The maximum Gasteiger partial charge on any atom is 0.241 e. The second kappa shape index (κ2) is 5.93. The van der Waals surface area contributed by atoms with E-state index in [1.165, 1.54) is 22.3 Å². The quantitative estimate of drug-likeness (QED) is 0.773. The summed E-state index contributed by atoms with van der Waals surface area (Å²) in [4.78, 5) is 12.1. The Bertz CT molecular complexity index is 706. The van der Waals surface area contributed by atoms with Crippen LogP contribution < -0.4 is 11.1 Å². The van der Waals surface area contributed by atoms with Gasteiger partial charge < -0.3 is 11.1 Å². The predicted octanol–water partition coefficient (Wildman–Crippen LogP) is 3.57. The monoisotopic (exact) mass is 294 g/mol. The number of amides is 1. The van der Waals surface area contributed by atoms with E-state index in [0.29, 0.717) is 12.3 Å². The molecule has 1 aliphatic carbocycles. The second-order valence-corrected chi connectivity index (χ2v) is 6.43. The molecule has 3 nitrogen and oxygen atoms in total. The van der Waals surface area contributed by atoms with Crippen molar-refractivity contribution in [2.45, 2.75) is 32.7 Å². The molecule has 3 rings (SSSR count). The minimum atomic E-state index is -0.453. The summed E-state index contributed by atoms with van der Waals surface area (Å²) in [5, 5.41) is 2.94. The predicted molar refractivity (Wildman–Crippen MR) is 90.7 cm³/mol. The van der Waals surface area contributed by atoms with Crippen molar-refractivity contribution in [3.63, 3.8) is 0 Å². The van der Waals surface area contributed by atoms with Gasteiger partial charge in [-0.3, -0.25) is 4.79 Å². The largest absolute Gasteiger partial charge is 0.325 e. The molecule has 0 spiro atoms. The van der Waals surface area contributed by atoms with Gasteiger partial charge in [0, 0.05) is 5.69 Å². The lowest BCUT2D eigenvalue weighted by Crippen LogP contribution is -2.36. The van der Waals surface area contributed by atoms with Gasteiger partial charge >= 0.3 is 0 Å². The van der Waals surface area contributed by atoms with E-state index in [-0.39, 0.29) is 5.91 Å².